The van der Waals surface area contributed by atoms with Gasteiger partial charge in [0, 0.05) is 31.0 Å². The van der Waals surface area contributed by atoms with E-state index in [-0.39, 0.29) is 42.6 Å². The lowest BCUT2D eigenvalue weighted by Gasteiger charge is -2.32. The predicted octanol–water partition coefficient (Wildman–Crippen LogP) is 4.53. The maximum atomic E-state index is 14.3. The Labute approximate surface area is 205 Å². The van der Waals surface area contributed by atoms with Crippen LogP contribution in [0.3, 0.4) is 0 Å². The molecular formula is C28H31FN2O4. The molecule has 184 valence electrons. The summed E-state index contributed by atoms with van der Waals surface area (Å²) in [5, 5.41) is 0. The van der Waals surface area contributed by atoms with Crippen molar-refractivity contribution in [1.29, 1.82) is 0 Å². The molecule has 0 aromatic heterocycles. The van der Waals surface area contributed by atoms with Gasteiger partial charge in [0.15, 0.2) is 0 Å². The molecule has 0 radical (unpaired) electrons. The number of amides is 3. The third-order valence-electron chi connectivity index (χ3n) is 7.94. The zero-order valence-corrected chi connectivity index (χ0v) is 20.0. The summed E-state index contributed by atoms with van der Waals surface area (Å²) < 4.78 is 19.8. The van der Waals surface area contributed by atoms with E-state index in [2.05, 4.69) is 0 Å². The van der Waals surface area contributed by atoms with E-state index in [9.17, 15) is 18.8 Å². The molecule has 2 aliphatic heterocycles. The molecule has 1 aliphatic carbocycles. The number of halogens is 1. The van der Waals surface area contributed by atoms with Gasteiger partial charge < -0.3 is 9.64 Å². The van der Waals surface area contributed by atoms with Crippen LogP contribution in [0, 0.1) is 5.82 Å². The molecule has 3 aliphatic rings. The van der Waals surface area contributed by atoms with E-state index in [1.165, 1.54) is 17.0 Å². The van der Waals surface area contributed by atoms with Crippen LogP contribution < -0.4 is 4.74 Å². The number of methoxy groups -OCH3 is 1. The Hall–Kier alpha value is -3.22. The average Bonchev–Trinajstić information content (AvgIpc) is 3.60. The van der Waals surface area contributed by atoms with Crippen molar-refractivity contribution < 1.29 is 23.5 Å². The molecule has 0 N–H and O–H groups in total. The van der Waals surface area contributed by atoms with Gasteiger partial charge in [-0.15, -0.1) is 0 Å². The molecule has 0 spiro atoms. The highest BCUT2D eigenvalue weighted by Crippen LogP contribution is 2.45. The number of para-hydroxylation sites is 1. The van der Waals surface area contributed by atoms with Crippen LogP contribution in [0.15, 0.2) is 48.5 Å². The Morgan fingerprint density at radius 2 is 1.83 bits per heavy atom. The molecule has 5 rings (SSSR count). The molecule has 2 saturated heterocycles. The van der Waals surface area contributed by atoms with Crippen molar-refractivity contribution in [3.63, 3.8) is 0 Å². The monoisotopic (exact) mass is 478 g/mol. The molecule has 3 amide bonds. The molecule has 2 heterocycles. The number of ether oxygens (including phenoxy) is 1. The molecule has 6 nitrogen and oxygen atoms in total. The van der Waals surface area contributed by atoms with E-state index in [4.69, 9.17) is 4.74 Å². The molecule has 7 heteroatoms. The van der Waals surface area contributed by atoms with Crippen molar-refractivity contribution in [1.82, 2.24) is 9.80 Å². The molecule has 1 saturated carbocycles. The second-order valence-electron chi connectivity index (χ2n) is 9.94. The van der Waals surface area contributed by atoms with Crippen LogP contribution in [0.1, 0.15) is 68.5 Å². The number of rotatable bonds is 6. The fraction of sp³-hybridized carbons (Fsp3) is 0.464. The minimum atomic E-state index is -1.38. The van der Waals surface area contributed by atoms with Gasteiger partial charge in [0.05, 0.1) is 18.6 Å². The van der Waals surface area contributed by atoms with Crippen molar-refractivity contribution in [2.24, 2.45) is 0 Å². The quantitative estimate of drug-likeness (QED) is 0.573. The van der Waals surface area contributed by atoms with Crippen molar-refractivity contribution in [2.45, 2.75) is 68.9 Å². The zero-order valence-electron chi connectivity index (χ0n) is 20.0. The summed E-state index contributed by atoms with van der Waals surface area (Å²) in [6, 6.07) is 13.2. The molecule has 2 aromatic carbocycles. The average molecular weight is 479 g/mol. The maximum absolute atomic E-state index is 14.3. The number of hydrogen-bond donors (Lipinski definition) is 0. The van der Waals surface area contributed by atoms with E-state index in [0.717, 1.165) is 49.8 Å². The summed E-state index contributed by atoms with van der Waals surface area (Å²) in [6.45, 7) is 0.565. The smallest absolute Gasteiger partial charge is 0.241 e. The highest BCUT2D eigenvalue weighted by atomic mass is 19.1. The summed E-state index contributed by atoms with van der Waals surface area (Å²) >= 11 is 0. The van der Waals surface area contributed by atoms with E-state index in [1.807, 2.05) is 24.3 Å². The normalized spacial score (nSPS) is 25.0. The summed E-state index contributed by atoms with van der Waals surface area (Å²) in [6.07, 6.45) is 4.88. The van der Waals surface area contributed by atoms with E-state index in [0.29, 0.717) is 12.1 Å². The Morgan fingerprint density at radius 3 is 2.57 bits per heavy atom. The SMILES string of the molecule is COc1ccccc1[C@H]1CCCN1C(=O)C[C@]1(c2cccc(F)c2)CC(=O)N(C2CCCC2)C1=O. The maximum Gasteiger partial charge on any atom is 0.241 e. The van der Waals surface area contributed by atoms with Gasteiger partial charge in [-0.05, 0) is 49.4 Å². The topological polar surface area (TPSA) is 66.9 Å². The molecule has 0 bridgehead atoms. The summed E-state index contributed by atoms with van der Waals surface area (Å²) in [4.78, 5) is 44.1. The Bertz CT molecular complexity index is 1150. The molecular weight excluding hydrogens is 447 g/mol. The molecule has 3 fully saturated rings. The second-order valence-corrected chi connectivity index (χ2v) is 9.94. The number of carbonyl (C=O) groups excluding carboxylic acids is 3. The third kappa shape index (κ3) is 4.11. The van der Waals surface area contributed by atoms with Gasteiger partial charge in [0.25, 0.3) is 0 Å². The summed E-state index contributed by atoms with van der Waals surface area (Å²) in [7, 11) is 1.61. The van der Waals surface area contributed by atoms with Crippen LogP contribution in [0.25, 0.3) is 0 Å². The van der Waals surface area contributed by atoms with Gasteiger partial charge in [0.1, 0.15) is 11.6 Å². The van der Waals surface area contributed by atoms with Crippen LogP contribution in [-0.4, -0.2) is 47.2 Å². The third-order valence-corrected chi connectivity index (χ3v) is 7.94. The van der Waals surface area contributed by atoms with E-state index >= 15 is 0 Å². The minimum Gasteiger partial charge on any atom is -0.496 e. The molecule has 0 unspecified atom stereocenters. The zero-order chi connectivity index (χ0) is 24.6. The van der Waals surface area contributed by atoms with Crippen LogP contribution in [0.4, 0.5) is 4.39 Å². The largest absolute Gasteiger partial charge is 0.496 e. The molecule has 2 aromatic rings. The fourth-order valence-electron chi connectivity index (χ4n) is 6.24. The number of nitrogens with zero attached hydrogens (tertiary/aromatic N) is 2. The predicted molar refractivity (Wildman–Crippen MR) is 128 cm³/mol. The second kappa shape index (κ2) is 9.44. The first-order valence-corrected chi connectivity index (χ1v) is 12.5. The van der Waals surface area contributed by atoms with E-state index < -0.39 is 11.2 Å². The Balaban J connectivity index is 1.49. The first-order valence-electron chi connectivity index (χ1n) is 12.5. The lowest BCUT2D eigenvalue weighted by atomic mass is 9.75. The van der Waals surface area contributed by atoms with Gasteiger partial charge in [0.2, 0.25) is 17.7 Å². The van der Waals surface area contributed by atoms with Gasteiger partial charge >= 0.3 is 0 Å². The van der Waals surface area contributed by atoms with Gasteiger partial charge in [-0.2, -0.15) is 0 Å². The van der Waals surface area contributed by atoms with Crippen molar-refractivity contribution in [2.75, 3.05) is 13.7 Å². The lowest BCUT2D eigenvalue weighted by Crippen LogP contribution is -2.46. The number of imide groups is 1. The highest BCUT2D eigenvalue weighted by molar-refractivity contribution is 6.11. The number of carbonyl (C=O) groups is 3. The number of likely N-dealkylation sites (tertiary alicyclic amines) is 2. The van der Waals surface area contributed by atoms with Crippen LogP contribution in [0.5, 0.6) is 5.75 Å². The Morgan fingerprint density at radius 1 is 1.06 bits per heavy atom. The van der Waals surface area contributed by atoms with Crippen LogP contribution >= 0.6 is 0 Å². The van der Waals surface area contributed by atoms with Crippen molar-refractivity contribution in [3.05, 3.63) is 65.5 Å². The Kier molecular flexibility index (Phi) is 6.34. The van der Waals surface area contributed by atoms with Crippen molar-refractivity contribution >= 4 is 17.7 Å². The van der Waals surface area contributed by atoms with Gasteiger partial charge in [-0.3, -0.25) is 19.3 Å². The molecule has 35 heavy (non-hydrogen) atoms. The minimum absolute atomic E-state index is 0.106. The van der Waals surface area contributed by atoms with Crippen LogP contribution in [-0.2, 0) is 19.8 Å². The van der Waals surface area contributed by atoms with Crippen molar-refractivity contribution in [3.8, 4) is 5.75 Å². The fourth-order valence-corrected chi connectivity index (χ4v) is 6.24. The van der Waals surface area contributed by atoms with Gasteiger partial charge in [-0.25, -0.2) is 4.39 Å². The summed E-state index contributed by atoms with van der Waals surface area (Å²) in [5.74, 6) is -0.585. The number of hydrogen-bond acceptors (Lipinski definition) is 4. The lowest BCUT2D eigenvalue weighted by molar-refractivity contribution is -0.145. The molecule has 2 atom stereocenters. The van der Waals surface area contributed by atoms with Gasteiger partial charge in [-0.1, -0.05) is 43.2 Å². The first kappa shape index (κ1) is 23.5. The number of benzene rings is 2. The standard InChI is InChI=1S/C28H31FN2O4/c1-35-24-14-5-4-12-22(24)23-13-7-15-30(23)25(32)17-28(19-8-6-9-20(29)16-19)18-26(33)31(27(28)34)21-10-2-3-11-21/h4-6,8-9,12,14,16,21,23H,2-3,7,10-11,13,15,17-18H2,1H3/t23-,28-/m1/s1. The summed E-state index contributed by atoms with van der Waals surface area (Å²) in [5.41, 5.74) is -0.0490. The van der Waals surface area contributed by atoms with E-state index in [1.54, 1.807) is 24.1 Å². The first-order chi connectivity index (χ1) is 16.9. The van der Waals surface area contributed by atoms with Crippen LogP contribution in [0.2, 0.25) is 0 Å². The highest BCUT2D eigenvalue weighted by Gasteiger charge is 2.56.